The van der Waals surface area contributed by atoms with Gasteiger partial charge in [0, 0.05) is 42.3 Å². The summed E-state index contributed by atoms with van der Waals surface area (Å²) in [4.78, 5) is 18.8. The molecule has 1 saturated heterocycles. The van der Waals surface area contributed by atoms with Crippen LogP contribution >= 0.6 is 11.3 Å². The molecule has 3 rings (SSSR count). The van der Waals surface area contributed by atoms with Crippen LogP contribution in [0, 0.1) is 0 Å². The Morgan fingerprint density at radius 1 is 1.36 bits per heavy atom. The lowest BCUT2D eigenvalue weighted by molar-refractivity contribution is -0.137. The first-order valence-electron chi connectivity index (χ1n) is 8.89. The summed E-state index contributed by atoms with van der Waals surface area (Å²) in [6.45, 7) is 3.42. The summed E-state index contributed by atoms with van der Waals surface area (Å²) in [6.07, 6.45) is -2.41. The van der Waals surface area contributed by atoms with E-state index < -0.39 is 17.8 Å². The SMILES string of the molecule is CN(Cc1ccc(C(F)(F)F)cc1-c1nccs1)C1(C)CCN(C(=O)O)CC1. The number of nitrogens with zero attached hydrogens (tertiary/aromatic N) is 3. The van der Waals surface area contributed by atoms with E-state index in [2.05, 4.69) is 16.8 Å². The fraction of sp³-hybridized carbons (Fsp3) is 0.474. The number of rotatable bonds is 4. The highest BCUT2D eigenvalue weighted by Crippen LogP contribution is 2.36. The van der Waals surface area contributed by atoms with E-state index in [1.807, 2.05) is 7.05 Å². The lowest BCUT2D eigenvalue weighted by Gasteiger charge is -2.44. The molecule has 1 aliphatic rings. The maximum Gasteiger partial charge on any atom is 0.416 e. The molecule has 0 saturated carbocycles. The Balaban J connectivity index is 1.84. The third kappa shape index (κ3) is 4.30. The van der Waals surface area contributed by atoms with Gasteiger partial charge in [-0.15, -0.1) is 11.3 Å². The molecule has 1 N–H and O–H groups in total. The topological polar surface area (TPSA) is 56.7 Å². The molecule has 0 spiro atoms. The van der Waals surface area contributed by atoms with E-state index >= 15 is 0 Å². The summed E-state index contributed by atoms with van der Waals surface area (Å²) in [5.41, 5.74) is 0.343. The summed E-state index contributed by atoms with van der Waals surface area (Å²) < 4.78 is 39.5. The summed E-state index contributed by atoms with van der Waals surface area (Å²) in [5, 5.41) is 11.4. The summed E-state index contributed by atoms with van der Waals surface area (Å²) in [6, 6.07) is 3.79. The minimum Gasteiger partial charge on any atom is -0.465 e. The van der Waals surface area contributed by atoms with Gasteiger partial charge < -0.3 is 10.0 Å². The molecule has 152 valence electrons. The van der Waals surface area contributed by atoms with E-state index in [9.17, 15) is 18.0 Å². The Morgan fingerprint density at radius 2 is 2.04 bits per heavy atom. The monoisotopic (exact) mass is 413 g/mol. The van der Waals surface area contributed by atoms with E-state index in [-0.39, 0.29) is 5.54 Å². The molecule has 0 radical (unpaired) electrons. The number of hydrogen-bond donors (Lipinski definition) is 1. The Kier molecular flexibility index (Phi) is 5.67. The smallest absolute Gasteiger partial charge is 0.416 e. The summed E-state index contributed by atoms with van der Waals surface area (Å²) in [5.74, 6) is 0. The molecule has 2 aromatic rings. The third-order valence-electron chi connectivity index (χ3n) is 5.54. The second-order valence-electron chi connectivity index (χ2n) is 7.33. The summed E-state index contributed by atoms with van der Waals surface area (Å²) in [7, 11) is 1.93. The standard InChI is InChI=1S/C19H22F3N3O2S/c1-18(5-8-25(9-6-18)17(26)27)24(2)12-13-3-4-14(19(20,21)22)11-15(13)16-23-7-10-28-16/h3-4,7,10-11H,5-6,8-9,12H2,1-2H3,(H,26,27). The zero-order valence-electron chi connectivity index (χ0n) is 15.7. The molecule has 0 atom stereocenters. The number of carbonyl (C=O) groups is 1. The maximum atomic E-state index is 13.2. The first-order valence-corrected chi connectivity index (χ1v) is 9.77. The highest BCUT2D eigenvalue weighted by molar-refractivity contribution is 7.13. The van der Waals surface area contributed by atoms with Gasteiger partial charge >= 0.3 is 12.3 Å². The van der Waals surface area contributed by atoms with Gasteiger partial charge in [-0.05, 0) is 44.5 Å². The van der Waals surface area contributed by atoms with Crippen LogP contribution in [-0.2, 0) is 12.7 Å². The quantitative estimate of drug-likeness (QED) is 0.783. The number of halogens is 3. The van der Waals surface area contributed by atoms with Crippen molar-refractivity contribution in [2.24, 2.45) is 0 Å². The Hall–Kier alpha value is -2.13. The van der Waals surface area contributed by atoms with Crippen LogP contribution in [0.3, 0.4) is 0 Å². The maximum absolute atomic E-state index is 13.2. The normalized spacial score (nSPS) is 17.1. The van der Waals surface area contributed by atoms with Crippen molar-refractivity contribution >= 4 is 17.4 Å². The second kappa shape index (κ2) is 7.71. The number of hydrogen-bond acceptors (Lipinski definition) is 4. The molecule has 1 fully saturated rings. The molecule has 2 heterocycles. The molecule has 1 aromatic heterocycles. The molecule has 28 heavy (non-hydrogen) atoms. The number of aromatic nitrogens is 1. The Bertz CT molecular complexity index is 831. The van der Waals surface area contributed by atoms with Crippen molar-refractivity contribution in [1.29, 1.82) is 0 Å². The van der Waals surface area contributed by atoms with E-state index in [0.717, 1.165) is 17.7 Å². The predicted molar refractivity (Wildman–Crippen MR) is 101 cm³/mol. The van der Waals surface area contributed by atoms with Crippen LogP contribution in [0.4, 0.5) is 18.0 Å². The van der Waals surface area contributed by atoms with E-state index in [0.29, 0.717) is 43.0 Å². The van der Waals surface area contributed by atoms with Crippen LogP contribution in [0.5, 0.6) is 0 Å². The summed E-state index contributed by atoms with van der Waals surface area (Å²) >= 11 is 1.31. The Labute approximate surface area is 165 Å². The van der Waals surface area contributed by atoms with Crippen LogP contribution in [0.1, 0.15) is 30.9 Å². The average Bonchev–Trinajstić information content (AvgIpc) is 3.16. The fourth-order valence-electron chi connectivity index (χ4n) is 3.45. The van der Waals surface area contributed by atoms with Gasteiger partial charge in [0.2, 0.25) is 0 Å². The average molecular weight is 413 g/mol. The van der Waals surface area contributed by atoms with Crippen molar-refractivity contribution in [2.75, 3.05) is 20.1 Å². The van der Waals surface area contributed by atoms with Gasteiger partial charge in [0.1, 0.15) is 5.01 Å². The van der Waals surface area contributed by atoms with Crippen LogP contribution in [0.25, 0.3) is 10.6 Å². The molecular formula is C19H22F3N3O2S. The van der Waals surface area contributed by atoms with Crippen molar-refractivity contribution in [1.82, 2.24) is 14.8 Å². The molecule has 1 aromatic carbocycles. The van der Waals surface area contributed by atoms with Crippen LogP contribution in [-0.4, -0.2) is 51.7 Å². The number of piperidine rings is 1. The Morgan fingerprint density at radius 3 is 2.57 bits per heavy atom. The van der Waals surface area contributed by atoms with Gasteiger partial charge in [-0.3, -0.25) is 4.90 Å². The first kappa shape index (κ1) is 20.6. The lowest BCUT2D eigenvalue weighted by atomic mass is 9.87. The van der Waals surface area contributed by atoms with Crippen LogP contribution in [0.2, 0.25) is 0 Å². The van der Waals surface area contributed by atoms with Crippen molar-refractivity contribution < 1.29 is 23.1 Å². The molecule has 0 unspecified atom stereocenters. The number of benzene rings is 1. The molecule has 0 aliphatic carbocycles. The number of likely N-dealkylation sites (tertiary alicyclic amines) is 1. The van der Waals surface area contributed by atoms with E-state index in [1.165, 1.54) is 22.3 Å². The third-order valence-corrected chi connectivity index (χ3v) is 6.35. The molecule has 1 aliphatic heterocycles. The van der Waals surface area contributed by atoms with Gasteiger partial charge in [0.25, 0.3) is 0 Å². The minimum absolute atomic E-state index is 0.227. The van der Waals surface area contributed by atoms with Gasteiger partial charge in [-0.1, -0.05) is 6.07 Å². The highest BCUT2D eigenvalue weighted by atomic mass is 32.1. The van der Waals surface area contributed by atoms with Crippen molar-refractivity contribution in [3.05, 3.63) is 40.9 Å². The lowest BCUT2D eigenvalue weighted by Crippen LogP contribution is -2.52. The number of amides is 1. The molecule has 9 heteroatoms. The van der Waals surface area contributed by atoms with Gasteiger partial charge in [-0.2, -0.15) is 13.2 Å². The number of alkyl halides is 3. The molecule has 0 bridgehead atoms. The fourth-order valence-corrected chi connectivity index (χ4v) is 4.14. The van der Waals surface area contributed by atoms with Gasteiger partial charge in [0.15, 0.2) is 0 Å². The predicted octanol–water partition coefficient (Wildman–Crippen LogP) is 4.79. The van der Waals surface area contributed by atoms with Crippen molar-refractivity contribution in [2.45, 2.75) is 38.0 Å². The first-order chi connectivity index (χ1) is 13.1. The largest absolute Gasteiger partial charge is 0.465 e. The van der Waals surface area contributed by atoms with Crippen molar-refractivity contribution in [3.63, 3.8) is 0 Å². The number of carboxylic acid groups (broad SMARTS) is 1. The van der Waals surface area contributed by atoms with Crippen molar-refractivity contribution in [3.8, 4) is 10.6 Å². The molecule has 1 amide bonds. The second-order valence-corrected chi connectivity index (χ2v) is 8.22. The molecule has 5 nitrogen and oxygen atoms in total. The zero-order chi connectivity index (χ0) is 20.5. The molecular weight excluding hydrogens is 391 g/mol. The van der Waals surface area contributed by atoms with E-state index in [4.69, 9.17) is 5.11 Å². The highest BCUT2D eigenvalue weighted by Gasteiger charge is 2.36. The van der Waals surface area contributed by atoms with E-state index in [1.54, 1.807) is 11.6 Å². The van der Waals surface area contributed by atoms with Crippen LogP contribution in [0.15, 0.2) is 29.8 Å². The zero-order valence-corrected chi connectivity index (χ0v) is 16.5. The van der Waals surface area contributed by atoms with Gasteiger partial charge in [0.05, 0.1) is 5.56 Å². The van der Waals surface area contributed by atoms with Gasteiger partial charge in [-0.25, -0.2) is 9.78 Å². The number of thiazole rings is 1. The van der Waals surface area contributed by atoms with Crippen LogP contribution < -0.4 is 0 Å². The minimum atomic E-state index is -4.41.